The summed E-state index contributed by atoms with van der Waals surface area (Å²) in [5.41, 5.74) is 2.32. The summed E-state index contributed by atoms with van der Waals surface area (Å²) in [7, 11) is 0. The van der Waals surface area contributed by atoms with E-state index < -0.39 is 36.0 Å². The lowest BCUT2D eigenvalue weighted by Crippen LogP contribution is -2.26. The van der Waals surface area contributed by atoms with E-state index in [9.17, 15) is 24.6 Å². The molecule has 1 aliphatic carbocycles. The average molecular weight is 476 g/mol. The maximum atomic E-state index is 12.8. The van der Waals surface area contributed by atoms with Crippen molar-refractivity contribution in [2.45, 2.75) is 50.7 Å². The second kappa shape index (κ2) is 12.6. The largest absolute Gasteiger partial charge is 0.481 e. The fourth-order valence-electron chi connectivity index (χ4n) is 4.41. The summed E-state index contributed by atoms with van der Waals surface area (Å²) in [6.07, 6.45) is 2.88. The summed E-state index contributed by atoms with van der Waals surface area (Å²) in [5.74, 6) is -3.07. The molecule has 3 rings (SSSR count). The van der Waals surface area contributed by atoms with Gasteiger partial charge in [-0.1, -0.05) is 48.5 Å². The van der Waals surface area contributed by atoms with Gasteiger partial charge in [-0.2, -0.15) is 5.26 Å². The van der Waals surface area contributed by atoms with Crippen molar-refractivity contribution in [2.24, 2.45) is 11.8 Å². The number of ether oxygens (including phenoxy) is 1. The van der Waals surface area contributed by atoms with Crippen LogP contribution >= 0.6 is 0 Å². The highest BCUT2D eigenvalue weighted by Gasteiger charge is 2.44. The van der Waals surface area contributed by atoms with Crippen LogP contribution in [0.25, 0.3) is 11.1 Å². The lowest BCUT2D eigenvalue weighted by atomic mass is 9.90. The second-order valence-corrected chi connectivity index (χ2v) is 8.72. The Morgan fingerprint density at radius 1 is 1.03 bits per heavy atom. The molecule has 0 spiro atoms. The average Bonchev–Trinajstić information content (AvgIpc) is 3.14. The summed E-state index contributed by atoms with van der Waals surface area (Å²) in [5, 5.41) is 28.4. The highest BCUT2D eigenvalue weighted by molar-refractivity contribution is 5.90. The van der Waals surface area contributed by atoms with E-state index in [-0.39, 0.29) is 25.0 Å². The predicted molar refractivity (Wildman–Crippen MR) is 129 cm³/mol. The predicted octanol–water partition coefficient (Wildman–Crippen LogP) is 4.56. The van der Waals surface area contributed by atoms with Gasteiger partial charge >= 0.3 is 11.9 Å². The Morgan fingerprint density at radius 3 is 2.37 bits per heavy atom. The van der Waals surface area contributed by atoms with Crippen LogP contribution in [-0.2, 0) is 14.3 Å². The maximum Gasteiger partial charge on any atom is 0.338 e. The number of rotatable bonds is 11. The van der Waals surface area contributed by atoms with Crippen molar-refractivity contribution in [3.8, 4) is 17.2 Å². The Hall–Kier alpha value is -3.76. The zero-order valence-electron chi connectivity index (χ0n) is 19.4. The zero-order chi connectivity index (χ0) is 25.2. The molecule has 7 nitrogen and oxygen atoms in total. The molecule has 2 aromatic rings. The molecular formula is C28H29NO6. The van der Waals surface area contributed by atoms with Crippen LogP contribution in [0.1, 0.15) is 48.9 Å². The summed E-state index contributed by atoms with van der Waals surface area (Å²) < 4.78 is 5.69. The fourth-order valence-corrected chi connectivity index (χ4v) is 4.41. The number of aliphatic hydroxyl groups is 1. The van der Waals surface area contributed by atoms with Crippen LogP contribution < -0.4 is 0 Å². The van der Waals surface area contributed by atoms with Gasteiger partial charge in [0.05, 0.1) is 24.2 Å². The zero-order valence-corrected chi connectivity index (χ0v) is 19.4. The number of benzene rings is 2. The van der Waals surface area contributed by atoms with Crippen molar-refractivity contribution >= 4 is 17.7 Å². The number of carboxylic acid groups (broad SMARTS) is 1. The van der Waals surface area contributed by atoms with Crippen molar-refractivity contribution in [2.75, 3.05) is 0 Å². The van der Waals surface area contributed by atoms with E-state index in [0.717, 1.165) is 11.1 Å². The number of aliphatic carboxylic acids is 1. The van der Waals surface area contributed by atoms with Gasteiger partial charge in [0.2, 0.25) is 0 Å². The summed E-state index contributed by atoms with van der Waals surface area (Å²) in [6.45, 7) is 0. The number of carboxylic acids is 1. The standard InChI is InChI=1S/C28H29NO6/c29-16-6-2-5-9-22(30)14-15-23-24(17-27(32)33)25(31)18-26(23)35-28(34)21-12-10-20(11-13-21)19-7-3-1-4-8-19/h1,3-4,7-8,10-15,23-26,31H,2,5-6,9,17-18H2,(H,32,33)/t23-,24-,25+,26-/m0/s1. The number of ketones is 1. The molecule has 1 aliphatic rings. The Balaban J connectivity index is 1.70. The van der Waals surface area contributed by atoms with Crippen molar-refractivity contribution < 1.29 is 29.3 Å². The molecule has 4 atom stereocenters. The molecule has 182 valence electrons. The number of carbonyl (C=O) groups excluding carboxylic acids is 2. The number of esters is 1. The van der Waals surface area contributed by atoms with Gasteiger partial charge in [0.1, 0.15) is 6.10 Å². The van der Waals surface area contributed by atoms with Gasteiger partial charge in [0, 0.05) is 31.1 Å². The Bertz CT molecular complexity index is 1090. The third-order valence-electron chi connectivity index (χ3n) is 6.25. The normalized spacial score (nSPS) is 21.5. The van der Waals surface area contributed by atoms with Crippen LogP contribution in [-0.4, -0.2) is 40.1 Å². The number of hydrogen-bond acceptors (Lipinski definition) is 6. The quantitative estimate of drug-likeness (QED) is 0.277. The summed E-state index contributed by atoms with van der Waals surface area (Å²) in [4.78, 5) is 36.4. The minimum atomic E-state index is -1.07. The number of nitrogens with zero attached hydrogens (tertiary/aromatic N) is 1. The number of unbranched alkanes of at least 4 members (excludes halogenated alkanes) is 2. The number of aliphatic hydroxyl groups excluding tert-OH is 1. The molecule has 0 amide bonds. The molecule has 7 heteroatoms. The van der Waals surface area contributed by atoms with Gasteiger partial charge < -0.3 is 14.9 Å². The molecular weight excluding hydrogens is 446 g/mol. The lowest BCUT2D eigenvalue weighted by molar-refractivity contribution is -0.139. The maximum absolute atomic E-state index is 12.8. The SMILES string of the molecule is N#CCCCCC(=O)C=C[C@H]1[C@H](CC(=O)O)[C@H](O)C[C@@H]1OC(=O)c1ccc(-c2ccccc2)cc1. The molecule has 0 aliphatic heterocycles. The smallest absolute Gasteiger partial charge is 0.338 e. The Labute approximate surface area is 204 Å². The van der Waals surface area contributed by atoms with E-state index in [1.54, 1.807) is 18.2 Å². The number of nitriles is 1. The third kappa shape index (κ3) is 7.36. The van der Waals surface area contributed by atoms with Gasteiger partial charge in [0.25, 0.3) is 0 Å². The highest BCUT2D eigenvalue weighted by Crippen LogP contribution is 2.38. The first kappa shape index (κ1) is 25.9. The molecule has 0 aromatic heterocycles. The van der Waals surface area contributed by atoms with Crippen molar-refractivity contribution in [3.05, 3.63) is 72.3 Å². The van der Waals surface area contributed by atoms with Gasteiger partial charge in [-0.3, -0.25) is 9.59 Å². The van der Waals surface area contributed by atoms with E-state index in [1.165, 1.54) is 6.08 Å². The van der Waals surface area contributed by atoms with Crippen LogP contribution in [0.2, 0.25) is 0 Å². The number of carbonyl (C=O) groups is 3. The molecule has 0 radical (unpaired) electrons. The van der Waals surface area contributed by atoms with Gasteiger partial charge in [0.15, 0.2) is 5.78 Å². The van der Waals surface area contributed by atoms with Crippen molar-refractivity contribution in [1.29, 1.82) is 5.26 Å². The summed E-state index contributed by atoms with van der Waals surface area (Å²) in [6, 6.07) is 18.7. The molecule has 2 N–H and O–H groups in total. The van der Waals surface area contributed by atoms with Crippen molar-refractivity contribution in [1.82, 2.24) is 0 Å². The minimum Gasteiger partial charge on any atom is -0.481 e. The van der Waals surface area contributed by atoms with Crippen LogP contribution in [0.15, 0.2) is 66.7 Å². The first-order chi connectivity index (χ1) is 16.9. The lowest BCUT2D eigenvalue weighted by Gasteiger charge is -2.21. The van der Waals surface area contributed by atoms with E-state index in [4.69, 9.17) is 10.00 Å². The number of hydrogen-bond donors (Lipinski definition) is 2. The molecule has 1 fully saturated rings. The van der Waals surface area contributed by atoms with E-state index in [2.05, 4.69) is 0 Å². The van der Waals surface area contributed by atoms with Crippen LogP contribution in [0, 0.1) is 23.2 Å². The van der Waals surface area contributed by atoms with Crippen LogP contribution in [0.3, 0.4) is 0 Å². The molecule has 35 heavy (non-hydrogen) atoms. The molecule has 0 unspecified atom stereocenters. The van der Waals surface area contributed by atoms with Crippen LogP contribution in [0.5, 0.6) is 0 Å². The molecule has 0 saturated heterocycles. The fraction of sp³-hybridized carbons (Fsp3) is 0.357. The van der Waals surface area contributed by atoms with Gasteiger partial charge in [-0.25, -0.2) is 4.79 Å². The first-order valence-corrected chi connectivity index (χ1v) is 11.7. The Morgan fingerprint density at radius 2 is 1.71 bits per heavy atom. The molecule has 0 heterocycles. The van der Waals surface area contributed by atoms with E-state index in [0.29, 0.717) is 24.8 Å². The minimum absolute atomic E-state index is 0.0944. The summed E-state index contributed by atoms with van der Waals surface area (Å²) >= 11 is 0. The van der Waals surface area contributed by atoms with Gasteiger partial charge in [-0.05, 0) is 42.2 Å². The highest BCUT2D eigenvalue weighted by atomic mass is 16.5. The van der Waals surface area contributed by atoms with E-state index >= 15 is 0 Å². The molecule has 1 saturated carbocycles. The third-order valence-corrected chi connectivity index (χ3v) is 6.25. The first-order valence-electron chi connectivity index (χ1n) is 11.7. The molecule has 0 bridgehead atoms. The van der Waals surface area contributed by atoms with Gasteiger partial charge in [-0.15, -0.1) is 0 Å². The van der Waals surface area contributed by atoms with Crippen molar-refractivity contribution in [3.63, 3.8) is 0 Å². The second-order valence-electron chi connectivity index (χ2n) is 8.72. The topological polar surface area (TPSA) is 125 Å². The monoisotopic (exact) mass is 475 g/mol. The molecule has 2 aromatic carbocycles. The number of allylic oxidation sites excluding steroid dienone is 1. The van der Waals surface area contributed by atoms with Crippen LogP contribution in [0.4, 0.5) is 0 Å². The Kier molecular flexibility index (Phi) is 9.33. The van der Waals surface area contributed by atoms with E-state index in [1.807, 2.05) is 48.5 Å².